The van der Waals surface area contributed by atoms with Crippen molar-refractivity contribution in [1.82, 2.24) is 14.3 Å². The van der Waals surface area contributed by atoms with Crippen molar-refractivity contribution < 1.29 is 8.42 Å². The maximum atomic E-state index is 12.3. The minimum absolute atomic E-state index is 0.521. The van der Waals surface area contributed by atoms with Gasteiger partial charge in [-0.1, -0.05) is 0 Å². The van der Waals surface area contributed by atoms with Gasteiger partial charge in [0.15, 0.2) is 0 Å². The molecule has 0 radical (unpaired) electrons. The molecule has 2 aliphatic heterocycles. The van der Waals surface area contributed by atoms with Crippen LogP contribution >= 0.6 is 11.8 Å². The van der Waals surface area contributed by atoms with Crippen molar-refractivity contribution >= 4 is 22.0 Å². The Hall–Kier alpha value is 0.180. The lowest BCUT2D eigenvalue weighted by Crippen LogP contribution is -2.47. The fraction of sp³-hybridized carbons (Fsp3) is 1.00. The molecule has 2 N–H and O–H groups in total. The van der Waals surface area contributed by atoms with Gasteiger partial charge in [0.2, 0.25) is 0 Å². The lowest BCUT2D eigenvalue weighted by atomic mass is 9.98. The minimum atomic E-state index is -3.26. The van der Waals surface area contributed by atoms with Gasteiger partial charge >= 0.3 is 0 Å². The van der Waals surface area contributed by atoms with Crippen molar-refractivity contribution in [3.05, 3.63) is 0 Å². The molecule has 0 saturated carbocycles. The van der Waals surface area contributed by atoms with E-state index < -0.39 is 10.2 Å². The first-order chi connectivity index (χ1) is 9.62. The molecule has 20 heavy (non-hydrogen) atoms. The Morgan fingerprint density at radius 3 is 2.25 bits per heavy atom. The molecule has 2 rings (SSSR count). The minimum Gasteiger partial charge on any atom is -0.319 e. The van der Waals surface area contributed by atoms with Crippen LogP contribution in [0.4, 0.5) is 0 Å². The summed E-state index contributed by atoms with van der Waals surface area (Å²) in [7, 11) is -1.31. The molecule has 5 nitrogen and oxygen atoms in total. The molecule has 0 atom stereocenters. The van der Waals surface area contributed by atoms with Crippen LogP contribution in [0.1, 0.15) is 25.7 Å². The van der Waals surface area contributed by atoms with Crippen molar-refractivity contribution in [2.75, 3.05) is 44.7 Å². The van der Waals surface area contributed by atoms with E-state index in [0.717, 1.165) is 32.2 Å². The van der Waals surface area contributed by atoms with Crippen molar-refractivity contribution in [1.29, 1.82) is 0 Å². The molecule has 2 saturated heterocycles. The number of hydrogen-bond acceptors (Lipinski definition) is 4. The van der Waals surface area contributed by atoms with E-state index in [1.165, 1.54) is 11.5 Å². The topological polar surface area (TPSA) is 61.4 Å². The maximum absolute atomic E-state index is 12.3. The fourth-order valence-electron chi connectivity index (χ4n) is 2.91. The smallest absolute Gasteiger partial charge is 0.279 e. The normalized spacial score (nSPS) is 24.1. The predicted molar refractivity (Wildman–Crippen MR) is 85.2 cm³/mol. The summed E-state index contributed by atoms with van der Waals surface area (Å²) in [6.45, 7) is 2.91. The highest BCUT2D eigenvalue weighted by atomic mass is 32.2. The van der Waals surface area contributed by atoms with Gasteiger partial charge in [-0.3, -0.25) is 0 Å². The first-order valence-electron chi connectivity index (χ1n) is 7.59. The zero-order valence-electron chi connectivity index (χ0n) is 12.3. The molecule has 0 bridgehead atoms. The SMILES string of the molecule is CNCC1CCN(S(=O)(=O)NCC2CCSCC2)CC1. The van der Waals surface area contributed by atoms with Crippen molar-refractivity contribution in [2.24, 2.45) is 11.8 Å². The molecule has 2 aliphatic rings. The van der Waals surface area contributed by atoms with Gasteiger partial charge in [-0.25, -0.2) is 4.72 Å². The molecular weight excluding hydrogens is 294 g/mol. The van der Waals surface area contributed by atoms with Crippen molar-refractivity contribution in [2.45, 2.75) is 25.7 Å². The highest BCUT2D eigenvalue weighted by Crippen LogP contribution is 2.23. The van der Waals surface area contributed by atoms with E-state index in [0.29, 0.717) is 31.5 Å². The van der Waals surface area contributed by atoms with Crippen molar-refractivity contribution in [3.8, 4) is 0 Å². The number of nitrogens with one attached hydrogen (secondary N) is 2. The molecule has 0 unspecified atom stereocenters. The van der Waals surface area contributed by atoms with Crippen LogP contribution in [0.25, 0.3) is 0 Å². The quantitative estimate of drug-likeness (QED) is 0.763. The molecule has 0 aromatic rings. The third kappa shape index (κ3) is 4.87. The third-order valence-corrected chi connectivity index (χ3v) is 6.93. The average molecular weight is 322 g/mol. The van der Waals surface area contributed by atoms with E-state index >= 15 is 0 Å². The summed E-state index contributed by atoms with van der Waals surface area (Å²) in [5.74, 6) is 3.47. The van der Waals surface area contributed by atoms with E-state index in [-0.39, 0.29) is 0 Å². The summed E-state index contributed by atoms with van der Waals surface area (Å²) in [6.07, 6.45) is 4.19. The maximum Gasteiger partial charge on any atom is 0.279 e. The van der Waals surface area contributed by atoms with Gasteiger partial charge in [0.1, 0.15) is 0 Å². The molecular formula is C13H27N3O2S2. The molecule has 2 fully saturated rings. The summed E-state index contributed by atoms with van der Waals surface area (Å²) in [5.41, 5.74) is 0. The second-order valence-electron chi connectivity index (χ2n) is 5.81. The van der Waals surface area contributed by atoms with Crippen LogP contribution in [-0.2, 0) is 10.2 Å². The second kappa shape index (κ2) is 7.98. The van der Waals surface area contributed by atoms with E-state index in [1.54, 1.807) is 4.31 Å². The van der Waals surface area contributed by atoms with Gasteiger partial charge < -0.3 is 5.32 Å². The van der Waals surface area contributed by atoms with Gasteiger partial charge in [-0.05, 0) is 62.6 Å². The Balaban J connectivity index is 1.75. The molecule has 0 spiro atoms. The highest BCUT2D eigenvalue weighted by Gasteiger charge is 2.28. The van der Waals surface area contributed by atoms with Crippen LogP contribution in [-0.4, -0.2) is 57.5 Å². The first kappa shape index (κ1) is 16.5. The van der Waals surface area contributed by atoms with Gasteiger partial charge in [0.25, 0.3) is 10.2 Å². The van der Waals surface area contributed by atoms with Crippen LogP contribution < -0.4 is 10.0 Å². The number of piperidine rings is 1. The third-order valence-electron chi connectivity index (χ3n) is 4.30. The van der Waals surface area contributed by atoms with Crippen molar-refractivity contribution in [3.63, 3.8) is 0 Å². The van der Waals surface area contributed by atoms with Crippen LogP contribution in [0.2, 0.25) is 0 Å². The Morgan fingerprint density at radius 2 is 1.65 bits per heavy atom. The number of hydrogen-bond donors (Lipinski definition) is 2. The first-order valence-corrected chi connectivity index (χ1v) is 10.2. The summed E-state index contributed by atoms with van der Waals surface area (Å²) >= 11 is 1.97. The zero-order chi connectivity index (χ0) is 14.4. The monoisotopic (exact) mass is 321 g/mol. The number of rotatable bonds is 6. The summed E-state index contributed by atoms with van der Waals surface area (Å²) < 4.78 is 29.0. The lowest BCUT2D eigenvalue weighted by molar-refractivity contribution is 0.267. The van der Waals surface area contributed by atoms with Crippen LogP contribution in [0.3, 0.4) is 0 Å². The Bertz CT molecular complexity index is 375. The highest BCUT2D eigenvalue weighted by molar-refractivity contribution is 7.99. The fourth-order valence-corrected chi connectivity index (χ4v) is 5.43. The zero-order valence-corrected chi connectivity index (χ0v) is 13.9. The average Bonchev–Trinajstić information content (AvgIpc) is 2.47. The van der Waals surface area contributed by atoms with Crippen LogP contribution in [0.5, 0.6) is 0 Å². The summed E-state index contributed by atoms with van der Waals surface area (Å²) in [6, 6.07) is 0. The number of thioether (sulfide) groups is 1. The molecule has 0 amide bonds. The van der Waals surface area contributed by atoms with Crippen LogP contribution in [0.15, 0.2) is 0 Å². The molecule has 0 aromatic heterocycles. The van der Waals surface area contributed by atoms with Gasteiger partial charge in [-0.2, -0.15) is 24.5 Å². The molecule has 0 aromatic carbocycles. The Labute approximate surface area is 127 Å². The summed E-state index contributed by atoms with van der Waals surface area (Å²) in [4.78, 5) is 0. The molecule has 118 valence electrons. The lowest BCUT2D eigenvalue weighted by Gasteiger charge is -2.31. The van der Waals surface area contributed by atoms with E-state index in [4.69, 9.17) is 0 Å². The standard InChI is InChI=1S/C13H27N3O2S2/c1-14-10-12-2-6-16(7-3-12)20(17,18)15-11-13-4-8-19-9-5-13/h12-15H,2-11H2,1H3. The Morgan fingerprint density at radius 1 is 1.05 bits per heavy atom. The van der Waals surface area contributed by atoms with Gasteiger partial charge in [0.05, 0.1) is 0 Å². The summed E-state index contributed by atoms with van der Waals surface area (Å²) in [5, 5.41) is 3.17. The molecule has 7 heteroatoms. The van der Waals surface area contributed by atoms with E-state index in [1.807, 2.05) is 18.8 Å². The van der Waals surface area contributed by atoms with Crippen LogP contribution in [0, 0.1) is 11.8 Å². The second-order valence-corrected chi connectivity index (χ2v) is 8.79. The van der Waals surface area contributed by atoms with E-state index in [2.05, 4.69) is 10.0 Å². The molecule has 0 aliphatic carbocycles. The number of nitrogens with zero attached hydrogens (tertiary/aromatic N) is 1. The predicted octanol–water partition coefficient (Wildman–Crippen LogP) is 0.895. The van der Waals surface area contributed by atoms with Gasteiger partial charge in [-0.15, -0.1) is 0 Å². The Kier molecular flexibility index (Phi) is 6.61. The molecule has 2 heterocycles. The largest absolute Gasteiger partial charge is 0.319 e. The van der Waals surface area contributed by atoms with Gasteiger partial charge in [0, 0.05) is 19.6 Å². The van der Waals surface area contributed by atoms with E-state index in [9.17, 15) is 8.42 Å².